The molecule has 0 bridgehead atoms. The second-order valence-electron chi connectivity index (χ2n) is 5.20. The molecule has 23 heavy (non-hydrogen) atoms. The molecule has 2 aromatic rings. The van der Waals surface area contributed by atoms with Crippen LogP contribution in [0.1, 0.15) is 5.56 Å². The first-order valence-corrected chi connectivity index (χ1v) is 8.90. The predicted molar refractivity (Wildman–Crippen MR) is 97.7 cm³/mol. The Bertz CT molecular complexity index is 681. The van der Waals surface area contributed by atoms with Crippen molar-refractivity contribution in [3.63, 3.8) is 0 Å². The van der Waals surface area contributed by atoms with Crippen molar-refractivity contribution in [1.82, 2.24) is 9.88 Å². The average molecular weight is 370 g/mol. The lowest BCUT2D eigenvalue weighted by molar-refractivity contribution is 0.380. The zero-order chi connectivity index (χ0) is 16.2. The molecule has 1 fully saturated rings. The van der Waals surface area contributed by atoms with E-state index in [4.69, 9.17) is 28.9 Å². The van der Waals surface area contributed by atoms with Crippen molar-refractivity contribution in [2.24, 2.45) is 10.7 Å². The van der Waals surface area contributed by atoms with Gasteiger partial charge in [0, 0.05) is 47.8 Å². The van der Waals surface area contributed by atoms with E-state index in [0.29, 0.717) is 22.5 Å². The summed E-state index contributed by atoms with van der Waals surface area (Å²) >= 11 is 13.7. The number of aromatic nitrogens is 1. The summed E-state index contributed by atoms with van der Waals surface area (Å²) in [4.78, 5) is 13.2. The van der Waals surface area contributed by atoms with Gasteiger partial charge in [0.05, 0.1) is 6.54 Å². The van der Waals surface area contributed by atoms with Gasteiger partial charge in [0.1, 0.15) is 0 Å². The summed E-state index contributed by atoms with van der Waals surface area (Å²) in [5.41, 5.74) is 7.03. The smallest absolute Gasteiger partial charge is 0.191 e. The Labute approximate surface area is 149 Å². The minimum Gasteiger partial charge on any atom is -0.370 e. The van der Waals surface area contributed by atoms with Crippen LogP contribution in [-0.4, -0.2) is 42.0 Å². The number of nitrogens with two attached hydrogens (primary N) is 1. The van der Waals surface area contributed by atoms with Crippen molar-refractivity contribution in [1.29, 1.82) is 0 Å². The van der Waals surface area contributed by atoms with E-state index in [-0.39, 0.29) is 0 Å². The molecule has 2 heterocycles. The van der Waals surface area contributed by atoms with Crippen LogP contribution in [0.4, 0.5) is 5.13 Å². The number of anilines is 1. The fraction of sp³-hybridized carbons (Fsp3) is 0.333. The van der Waals surface area contributed by atoms with E-state index in [1.165, 1.54) is 0 Å². The van der Waals surface area contributed by atoms with Gasteiger partial charge in [-0.15, -0.1) is 11.3 Å². The highest BCUT2D eigenvalue weighted by atomic mass is 35.5. The first-order chi connectivity index (χ1) is 11.1. The normalized spacial score (nSPS) is 16.0. The maximum atomic E-state index is 6.15. The molecule has 0 aliphatic carbocycles. The molecule has 1 aliphatic heterocycles. The van der Waals surface area contributed by atoms with Gasteiger partial charge in [-0.05, 0) is 17.7 Å². The number of guanidine groups is 1. The summed E-state index contributed by atoms with van der Waals surface area (Å²) in [6.07, 6.45) is 1.83. The molecule has 0 radical (unpaired) electrons. The van der Waals surface area contributed by atoms with Crippen LogP contribution < -0.4 is 10.6 Å². The number of aliphatic imine (C=N–C) groups is 1. The average Bonchev–Trinajstić information content (AvgIpc) is 3.08. The Kier molecular flexibility index (Phi) is 5.25. The van der Waals surface area contributed by atoms with Crippen LogP contribution in [0.25, 0.3) is 0 Å². The molecule has 0 saturated carbocycles. The molecule has 2 N–H and O–H groups in total. The molecule has 1 aliphatic rings. The lowest BCUT2D eigenvalue weighted by Crippen LogP contribution is -2.51. The molecule has 0 amide bonds. The third-order valence-corrected chi connectivity index (χ3v) is 5.14. The van der Waals surface area contributed by atoms with E-state index in [2.05, 4.69) is 19.8 Å². The van der Waals surface area contributed by atoms with Crippen LogP contribution in [0.5, 0.6) is 0 Å². The van der Waals surface area contributed by atoms with Crippen molar-refractivity contribution in [3.05, 3.63) is 45.4 Å². The second-order valence-corrected chi connectivity index (χ2v) is 6.92. The number of piperazine rings is 1. The summed E-state index contributed by atoms with van der Waals surface area (Å²) < 4.78 is 0. The Balaban J connectivity index is 1.57. The highest BCUT2D eigenvalue weighted by Crippen LogP contribution is 2.22. The summed E-state index contributed by atoms with van der Waals surface area (Å²) in [5.74, 6) is 0.551. The number of thiazole rings is 1. The van der Waals surface area contributed by atoms with Gasteiger partial charge in [-0.25, -0.2) is 9.98 Å². The summed E-state index contributed by atoms with van der Waals surface area (Å²) in [6.45, 7) is 3.91. The zero-order valence-electron chi connectivity index (χ0n) is 12.5. The zero-order valence-corrected chi connectivity index (χ0v) is 14.8. The van der Waals surface area contributed by atoms with E-state index < -0.39 is 0 Å². The van der Waals surface area contributed by atoms with E-state index in [1.54, 1.807) is 23.5 Å². The topological polar surface area (TPSA) is 57.8 Å². The minimum absolute atomic E-state index is 0.453. The third kappa shape index (κ3) is 4.07. The fourth-order valence-corrected chi connectivity index (χ4v) is 3.58. The van der Waals surface area contributed by atoms with Gasteiger partial charge in [-0.1, -0.05) is 29.3 Å². The van der Waals surface area contributed by atoms with E-state index in [9.17, 15) is 0 Å². The van der Waals surface area contributed by atoms with Gasteiger partial charge in [0.15, 0.2) is 11.1 Å². The van der Waals surface area contributed by atoms with Crippen molar-refractivity contribution < 1.29 is 0 Å². The Morgan fingerprint density at radius 2 is 2.04 bits per heavy atom. The molecule has 3 rings (SSSR count). The highest BCUT2D eigenvalue weighted by Gasteiger charge is 2.19. The third-order valence-electron chi connectivity index (χ3n) is 3.72. The van der Waals surface area contributed by atoms with E-state index in [1.807, 2.05) is 17.6 Å². The van der Waals surface area contributed by atoms with Crippen molar-refractivity contribution in [3.8, 4) is 0 Å². The molecule has 0 atom stereocenters. The lowest BCUT2D eigenvalue weighted by atomic mass is 10.2. The van der Waals surface area contributed by atoms with Crippen LogP contribution in [0.3, 0.4) is 0 Å². The highest BCUT2D eigenvalue weighted by molar-refractivity contribution is 7.13. The monoisotopic (exact) mass is 369 g/mol. The summed E-state index contributed by atoms with van der Waals surface area (Å²) in [5, 5.41) is 4.29. The predicted octanol–water partition coefficient (Wildman–Crippen LogP) is 3.09. The molecule has 1 aromatic carbocycles. The van der Waals surface area contributed by atoms with Gasteiger partial charge in [0.2, 0.25) is 0 Å². The lowest BCUT2D eigenvalue weighted by Gasteiger charge is -2.35. The van der Waals surface area contributed by atoms with Crippen LogP contribution in [-0.2, 0) is 6.54 Å². The Hall–Kier alpha value is -1.50. The van der Waals surface area contributed by atoms with Gasteiger partial charge in [-0.3, -0.25) is 0 Å². The largest absolute Gasteiger partial charge is 0.370 e. The number of hydrogen-bond acceptors (Lipinski definition) is 4. The number of rotatable bonds is 3. The van der Waals surface area contributed by atoms with E-state index >= 15 is 0 Å². The van der Waals surface area contributed by atoms with Gasteiger partial charge < -0.3 is 15.5 Å². The number of hydrogen-bond donors (Lipinski definition) is 1. The molecule has 8 heteroatoms. The Morgan fingerprint density at radius 1 is 1.26 bits per heavy atom. The molecule has 1 saturated heterocycles. The van der Waals surface area contributed by atoms with Crippen molar-refractivity contribution in [2.75, 3.05) is 31.1 Å². The van der Waals surface area contributed by atoms with Crippen molar-refractivity contribution in [2.45, 2.75) is 6.54 Å². The maximum Gasteiger partial charge on any atom is 0.191 e. The quantitative estimate of drug-likeness (QED) is 0.666. The number of nitrogens with zero attached hydrogens (tertiary/aromatic N) is 4. The Morgan fingerprint density at radius 3 is 2.70 bits per heavy atom. The van der Waals surface area contributed by atoms with E-state index in [0.717, 1.165) is 36.9 Å². The molecule has 122 valence electrons. The summed E-state index contributed by atoms with van der Waals surface area (Å²) in [6, 6.07) is 5.40. The number of halogens is 2. The maximum absolute atomic E-state index is 6.15. The second kappa shape index (κ2) is 7.38. The molecule has 5 nitrogen and oxygen atoms in total. The van der Waals surface area contributed by atoms with Gasteiger partial charge in [-0.2, -0.15) is 0 Å². The van der Waals surface area contributed by atoms with Crippen LogP contribution in [0, 0.1) is 0 Å². The van der Waals surface area contributed by atoms with Crippen molar-refractivity contribution >= 4 is 45.6 Å². The van der Waals surface area contributed by atoms with Crippen LogP contribution >= 0.6 is 34.5 Å². The van der Waals surface area contributed by atoms with Crippen LogP contribution in [0.2, 0.25) is 10.0 Å². The first kappa shape index (κ1) is 16.4. The molecule has 1 aromatic heterocycles. The molecular formula is C15H17Cl2N5S. The molecule has 0 unspecified atom stereocenters. The summed E-state index contributed by atoms with van der Waals surface area (Å²) in [7, 11) is 0. The molecule has 0 spiro atoms. The minimum atomic E-state index is 0.453. The fourth-order valence-electron chi connectivity index (χ4n) is 2.42. The van der Waals surface area contributed by atoms with Gasteiger partial charge >= 0.3 is 0 Å². The first-order valence-electron chi connectivity index (χ1n) is 7.27. The van der Waals surface area contributed by atoms with Gasteiger partial charge in [0.25, 0.3) is 0 Å². The molecular weight excluding hydrogens is 353 g/mol. The standard InChI is InChI=1S/C15H17Cl2N5S/c16-12-2-1-11(13(17)9-12)10-20-14(18)21-4-6-22(7-5-21)15-19-3-8-23-15/h1-3,8-9H,4-7,10H2,(H2,18,20). The SMILES string of the molecule is NC(=NCc1ccc(Cl)cc1Cl)N1CCN(c2nccs2)CC1. The van der Waals surface area contributed by atoms with Crippen LogP contribution in [0.15, 0.2) is 34.8 Å². The number of benzene rings is 1.